The number of benzene rings is 1. The van der Waals surface area contributed by atoms with Crippen molar-refractivity contribution in [2.45, 2.75) is 45.3 Å². The van der Waals surface area contributed by atoms with Gasteiger partial charge in [0.2, 0.25) is 11.8 Å². The van der Waals surface area contributed by atoms with E-state index in [1.165, 1.54) is 4.88 Å². The molecule has 1 aromatic carbocycles. The van der Waals surface area contributed by atoms with Crippen molar-refractivity contribution in [3.05, 3.63) is 51.2 Å². The van der Waals surface area contributed by atoms with Crippen molar-refractivity contribution in [2.75, 3.05) is 32.8 Å². The van der Waals surface area contributed by atoms with Gasteiger partial charge in [0.15, 0.2) is 0 Å². The number of rotatable bonds is 8. The third-order valence-electron chi connectivity index (χ3n) is 6.22. The SMILES string of the molecule is CC(C)C(=O)N(CC(=O)N1CCc2sccc2[C@@H]1COc1ccc(Cl)cc1)C[C@@H]1CCCO1. The van der Waals surface area contributed by atoms with Gasteiger partial charge in [0.1, 0.15) is 12.4 Å². The Morgan fingerprint density at radius 1 is 1.27 bits per heavy atom. The van der Waals surface area contributed by atoms with E-state index in [0.717, 1.165) is 31.4 Å². The van der Waals surface area contributed by atoms with E-state index in [0.29, 0.717) is 30.5 Å². The Kier molecular flexibility index (Phi) is 7.94. The molecule has 1 fully saturated rings. The number of fused-ring (bicyclic) bond motifs is 1. The molecule has 0 N–H and O–H groups in total. The molecular weight excluding hydrogens is 460 g/mol. The van der Waals surface area contributed by atoms with Crippen LogP contribution in [-0.2, 0) is 20.7 Å². The maximum atomic E-state index is 13.5. The minimum absolute atomic E-state index is 0.00867. The van der Waals surface area contributed by atoms with E-state index in [-0.39, 0.29) is 36.4 Å². The molecule has 33 heavy (non-hydrogen) atoms. The van der Waals surface area contributed by atoms with Gasteiger partial charge in [0, 0.05) is 35.5 Å². The predicted molar refractivity (Wildman–Crippen MR) is 130 cm³/mol. The van der Waals surface area contributed by atoms with Gasteiger partial charge in [-0.3, -0.25) is 9.59 Å². The van der Waals surface area contributed by atoms with Gasteiger partial charge in [-0.15, -0.1) is 11.3 Å². The Morgan fingerprint density at radius 3 is 2.76 bits per heavy atom. The Labute approximate surface area is 204 Å². The van der Waals surface area contributed by atoms with E-state index in [9.17, 15) is 9.59 Å². The molecule has 0 spiro atoms. The van der Waals surface area contributed by atoms with Crippen molar-refractivity contribution in [3.63, 3.8) is 0 Å². The number of carbonyl (C=O) groups excluding carboxylic acids is 2. The van der Waals surface area contributed by atoms with Crippen molar-refractivity contribution >= 4 is 34.8 Å². The summed E-state index contributed by atoms with van der Waals surface area (Å²) in [5.74, 6) is 0.474. The first-order valence-electron chi connectivity index (χ1n) is 11.6. The molecule has 6 nitrogen and oxygen atoms in total. The summed E-state index contributed by atoms with van der Waals surface area (Å²) in [4.78, 5) is 31.3. The molecular formula is C25H31ClN2O4S. The lowest BCUT2D eigenvalue weighted by atomic mass is 10.00. The van der Waals surface area contributed by atoms with E-state index in [1.807, 2.05) is 30.9 Å². The summed E-state index contributed by atoms with van der Waals surface area (Å²) in [6, 6.07) is 9.13. The zero-order chi connectivity index (χ0) is 23.4. The summed E-state index contributed by atoms with van der Waals surface area (Å²) < 4.78 is 11.8. The number of ether oxygens (including phenoxy) is 2. The first-order valence-corrected chi connectivity index (χ1v) is 12.8. The smallest absolute Gasteiger partial charge is 0.242 e. The molecule has 0 aliphatic carbocycles. The molecule has 2 atom stereocenters. The van der Waals surface area contributed by atoms with E-state index >= 15 is 0 Å². The normalized spacial score (nSPS) is 20.1. The van der Waals surface area contributed by atoms with Crippen LogP contribution in [0, 0.1) is 5.92 Å². The monoisotopic (exact) mass is 490 g/mol. The number of hydrogen-bond donors (Lipinski definition) is 0. The summed E-state index contributed by atoms with van der Waals surface area (Å²) in [6.07, 6.45) is 2.75. The Bertz CT molecular complexity index is 956. The molecule has 0 radical (unpaired) electrons. The van der Waals surface area contributed by atoms with Crippen LogP contribution < -0.4 is 4.74 Å². The molecule has 0 bridgehead atoms. The van der Waals surface area contributed by atoms with Gasteiger partial charge in [-0.1, -0.05) is 25.4 Å². The zero-order valence-corrected chi connectivity index (χ0v) is 20.7. The maximum Gasteiger partial charge on any atom is 0.242 e. The minimum Gasteiger partial charge on any atom is -0.491 e. The molecule has 8 heteroatoms. The number of amides is 2. The fraction of sp³-hybridized carbons (Fsp3) is 0.520. The van der Waals surface area contributed by atoms with Gasteiger partial charge in [0.05, 0.1) is 18.7 Å². The summed E-state index contributed by atoms with van der Waals surface area (Å²) >= 11 is 7.70. The predicted octanol–water partition coefficient (Wildman–Crippen LogP) is 4.57. The molecule has 1 saturated heterocycles. The van der Waals surface area contributed by atoms with Crippen molar-refractivity contribution in [2.24, 2.45) is 5.92 Å². The number of thiophene rings is 1. The van der Waals surface area contributed by atoms with Crippen molar-refractivity contribution < 1.29 is 19.1 Å². The van der Waals surface area contributed by atoms with Crippen LogP contribution in [0.1, 0.15) is 43.2 Å². The van der Waals surface area contributed by atoms with Gasteiger partial charge >= 0.3 is 0 Å². The number of carbonyl (C=O) groups is 2. The fourth-order valence-corrected chi connectivity index (χ4v) is 5.52. The molecule has 0 unspecified atom stereocenters. The summed E-state index contributed by atoms with van der Waals surface area (Å²) in [5.41, 5.74) is 1.13. The molecule has 178 valence electrons. The quantitative estimate of drug-likeness (QED) is 0.544. The molecule has 2 amide bonds. The van der Waals surface area contributed by atoms with Crippen LogP contribution in [0.3, 0.4) is 0 Å². The topological polar surface area (TPSA) is 59.1 Å². The average molecular weight is 491 g/mol. The van der Waals surface area contributed by atoms with Crippen LogP contribution in [-0.4, -0.2) is 60.6 Å². The maximum absolute atomic E-state index is 13.5. The van der Waals surface area contributed by atoms with E-state index in [4.69, 9.17) is 21.1 Å². The molecule has 2 aliphatic rings. The van der Waals surface area contributed by atoms with Crippen molar-refractivity contribution in [3.8, 4) is 5.75 Å². The van der Waals surface area contributed by atoms with Crippen LogP contribution in [0.5, 0.6) is 5.75 Å². The standard InChI is InChI=1S/C25H31ClN2O4S/c1-17(2)25(30)27(14-20-4-3-12-31-20)15-24(29)28-11-9-23-21(10-13-33-23)22(28)16-32-19-7-5-18(26)6-8-19/h5-8,10,13,17,20,22H,3-4,9,11-12,14-16H2,1-2H3/t20-,22-/m0/s1. The lowest BCUT2D eigenvalue weighted by Crippen LogP contribution is -2.50. The highest BCUT2D eigenvalue weighted by Gasteiger charge is 2.34. The molecule has 1 aromatic heterocycles. The second-order valence-electron chi connectivity index (χ2n) is 8.93. The van der Waals surface area contributed by atoms with Crippen LogP contribution in [0.25, 0.3) is 0 Å². The summed E-state index contributed by atoms with van der Waals surface area (Å²) in [6.45, 7) is 5.96. The highest BCUT2D eigenvalue weighted by molar-refractivity contribution is 7.10. The number of hydrogen-bond acceptors (Lipinski definition) is 5. The largest absolute Gasteiger partial charge is 0.491 e. The van der Waals surface area contributed by atoms with Gasteiger partial charge in [-0.2, -0.15) is 0 Å². The fourth-order valence-electron chi connectivity index (χ4n) is 4.47. The molecule has 2 aliphatic heterocycles. The third kappa shape index (κ3) is 5.89. The van der Waals surface area contributed by atoms with Crippen LogP contribution in [0.4, 0.5) is 0 Å². The van der Waals surface area contributed by atoms with Gasteiger partial charge in [0.25, 0.3) is 0 Å². The van der Waals surface area contributed by atoms with Crippen molar-refractivity contribution in [1.29, 1.82) is 0 Å². The minimum atomic E-state index is -0.193. The Hall–Kier alpha value is -2.09. The highest BCUT2D eigenvalue weighted by Crippen LogP contribution is 2.34. The van der Waals surface area contributed by atoms with Gasteiger partial charge in [-0.25, -0.2) is 0 Å². The van der Waals surface area contributed by atoms with Crippen molar-refractivity contribution in [1.82, 2.24) is 9.80 Å². The molecule has 3 heterocycles. The van der Waals surface area contributed by atoms with Crippen LogP contribution >= 0.6 is 22.9 Å². The Balaban J connectivity index is 1.49. The third-order valence-corrected chi connectivity index (χ3v) is 7.46. The Morgan fingerprint density at radius 2 is 2.06 bits per heavy atom. The summed E-state index contributed by atoms with van der Waals surface area (Å²) in [7, 11) is 0. The number of halogens is 1. The van der Waals surface area contributed by atoms with Crippen LogP contribution in [0.2, 0.25) is 5.02 Å². The van der Waals surface area contributed by atoms with Gasteiger partial charge < -0.3 is 19.3 Å². The zero-order valence-electron chi connectivity index (χ0n) is 19.2. The lowest BCUT2D eigenvalue weighted by molar-refractivity contribution is -0.145. The average Bonchev–Trinajstić information content (AvgIpc) is 3.49. The number of nitrogens with zero attached hydrogens (tertiary/aromatic N) is 2. The molecule has 2 aromatic rings. The second kappa shape index (κ2) is 10.9. The van der Waals surface area contributed by atoms with Gasteiger partial charge in [-0.05, 0) is 60.5 Å². The lowest BCUT2D eigenvalue weighted by Gasteiger charge is -2.37. The first kappa shape index (κ1) is 24.0. The molecule has 0 saturated carbocycles. The summed E-state index contributed by atoms with van der Waals surface area (Å²) in [5, 5.41) is 2.72. The first-order chi connectivity index (χ1) is 15.9. The van der Waals surface area contributed by atoms with E-state index in [1.54, 1.807) is 28.4 Å². The van der Waals surface area contributed by atoms with E-state index < -0.39 is 0 Å². The van der Waals surface area contributed by atoms with E-state index in [2.05, 4.69) is 11.4 Å². The highest BCUT2D eigenvalue weighted by atomic mass is 35.5. The van der Waals surface area contributed by atoms with Crippen LogP contribution in [0.15, 0.2) is 35.7 Å². The molecule has 4 rings (SSSR count). The second-order valence-corrected chi connectivity index (χ2v) is 10.4.